The van der Waals surface area contributed by atoms with Crippen LogP contribution in [0.2, 0.25) is 0 Å². The van der Waals surface area contributed by atoms with Gasteiger partial charge >= 0.3 is 6.18 Å². The number of halogens is 3. The Hall–Kier alpha value is -1.54. The van der Waals surface area contributed by atoms with Gasteiger partial charge in [-0.25, -0.2) is 0 Å². The minimum absolute atomic E-state index is 0.169. The zero-order valence-corrected chi connectivity index (χ0v) is 15.4. The second kappa shape index (κ2) is 9.82. The van der Waals surface area contributed by atoms with Crippen molar-refractivity contribution in [3.05, 3.63) is 23.3 Å². The van der Waals surface area contributed by atoms with Crippen LogP contribution in [0.1, 0.15) is 31.4 Å². The molecule has 1 aromatic carbocycles. The fraction of sp³-hybridized carbons (Fsp3) is 0.529. The van der Waals surface area contributed by atoms with Gasteiger partial charge in [0.2, 0.25) is 0 Å². The molecule has 0 aliphatic carbocycles. The normalized spacial score (nSPS) is 13.6. The largest absolute Gasteiger partial charge is 0.488 e. The first kappa shape index (κ1) is 21.5. The van der Waals surface area contributed by atoms with Gasteiger partial charge in [-0.15, -0.1) is 11.8 Å². The van der Waals surface area contributed by atoms with Crippen LogP contribution < -0.4 is 4.74 Å². The zero-order chi connectivity index (χ0) is 19.0. The molecule has 0 aliphatic heterocycles. The zero-order valence-electron chi connectivity index (χ0n) is 14.6. The molecule has 25 heavy (non-hydrogen) atoms. The molecule has 0 fully saturated rings. The Morgan fingerprint density at radius 1 is 1.36 bits per heavy atom. The molecule has 1 aromatic rings. The summed E-state index contributed by atoms with van der Waals surface area (Å²) in [4.78, 5) is 8.26. The second-order valence-electron chi connectivity index (χ2n) is 5.18. The smallest absolute Gasteiger partial charge is 0.417 e. The van der Waals surface area contributed by atoms with Crippen LogP contribution in [-0.2, 0) is 6.42 Å². The van der Waals surface area contributed by atoms with Gasteiger partial charge in [0.15, 0.2) is 6.10 Å². The highest BCUT2D eigenvalue weighted by Gasteiger charge is 2.38. The Bertz CT molecular complexity index is 619. The predicted octanol–water partition coefficient (Wildman–Crippen LogP) is 4.40. The maximum atomic E-state index is 12.5. The molecular weight excluding hydrogens is 353 g/mol. The molecule has 4 nitrogen and oxygen atoms in total. The first-order chi connectivity index (χ1) is 11.8. The molecule has 0 aliphatic rings. The Morgan fingerprint density at radius 3 is 2.52 bits per heavy atom. The maximum Gasteiger partial charge on any atom is 0.417 e. The molecule has 8 heteroatoms. The molecule has 140 valence electrons. The van der Waals surface area contributed by atoms with Crippen LogP contribution in [0.3, 0.4) is 0 Å². The van der Waals surface area contributed by atoms with Crippen molar-refractivity contribution in [3.8, 4) is 5.75 Å². The molecular formula is C17H23F3N2O2S. The lowest BCUT2D eigenvalue weighted by molar-refractivity contribution is -0.210. The van der Waals surface area contributed by atoms with E-state index in [0.717, 1.165) is 28.3 Å². The van der Waals surface area contributed by atoms with Gasteiger partial charge in [-0.3, -0.25) is 9.98 Å². The van der Waals surface area contributed by atoms with E-state index < -0.39 is 18.9 Å². The van der Waals surface area contributed by atoms with Crippen molar-refractivity contribution in [3.63, 3.8) is 0 Å². The van der Waals surface area contributed by atoms with E-state index in [0.29, 0.717) is 12.1 Å². The highest BCUT2D eigenvalue weighted by molar-refractivity contribution is 8.14. The minimum atomic E-state index is -4.73. The number of aliphatic hydroxyl groups is 1. The van der Waals surface area contributed by atoms with Crippen molar-refractivity contribution in [1.29, 1.82) is 0 Å². The van der Waals surface area contributed by atoms with Crippen molar-refractivity contribution in [2.75, 3.05) is 19.4 Å². The van der Waals surface area contributed by atoms with Gasteiger partial charge in [0.1, 0.15) is 18.0 Å². The number of aliphatic imine (C=N–C) groups is 2. The van der Waals surface area contributed by atoms with E-state index in [1.165, 1.54) is 0 Å². The number of ether oxygens (including phenoxy) is 1. The van der Waals surface area contributed by atoms with Gasteiger partial charge in [0, 0.05) is 12.6 Å². The molecule has 0 bridgehead atoms. The van der Waals surface area contributed by atoms with E-state index in [1.807, 2.05) is 13.8 Å². The van der Waals surface area contributed by atoms with Gasteiger partial charge < -0.3 is 9.84 Å². The Morgan fingerprint density at radius 2 is 2.04 bits per heavy atom. The third-order valence-corrected chi connectivity index (χ3v) is 4.36. The van der Waals surface area contributed by atoms with Crippen LogP contribution in [0.4, 0.5) is 18.9 Å². The highest BCUT2D eigenvalue weighted by Crippen LogP contribution is 2.37. The number of rotatable bonds is 8. The average Bonchev–Trinajstić information content (AvgIpc) is 2.57. The van der Waals surface area contributed by atoms with E-state index in [2.05, 4.69) is 16.7 Å². The third-order valence-electron chi connectivity index (χ3n) is 3.39. The molecule has 0 heterocycles. The standard InChI is InChI=1S/C17H23F3N2O2S/c1-5-7-11-12(16(22-4)25-6-2)8-9-13(15(11)21-3)24-10-14(23)17(18,19)20/h8-9,14,23H,3,5-7,10H2,1-2,4H3. The predicted molar refractivity (Wildman–Crippen MR) is 97.8 cm³/mol. The van der Waals surface area contributed by atoms with Crippen LogP contribution in [0.25, 0.3) is 0 Å². The summed E-state index contributed by atoms with van der Waals surface area (Å²) in [5.74, 6) is 1.01. The number of alkyl halides is 3. The molecule has 1 atom stereocenters. The number of aliphatic hydroxyl groups excluding tert-OH is 1. The molecule has 0 spiro atoms. The fourth-order valence-corrected chi connectivity index (χ4v) is 3.02. The topological polar surface area (TPSA) is 54.2 Å². The second-order valence-corrected chi connectivity index (χ2v) is 6.43. The average molecular weight is 376 g/mol. The van der Waals surface area contributed by atoms with Gasteiger partial charge in [-0.05, 0) is 36.6 Å². The number of hydrogen-bond acceptors (Lipinski definition) is 5. The molecule has 1 unspecified atom stereocenters. The maximum absolute atomic E-state index is 12.5. The summed E-state index contributed by atoms with van der Waals surface area (Å²) < 4.78 is 42.5. The van der Waals surface area contributed by atoms with Crippen molar-refractivity contribution in [2.45, 2.75) is 39.0 Å². The lowest BCUT2D eigenvalue weighted by atomic mass is 10.0. The molecule has 0 saturated carbocycles. The highest BCUT2D eigenvalue weighted by atomic mass is 32.2. The summed E-state index contributed by atoms with van der Waals surface area (Å²) in [6, 6.07) is 3.31. The molecule has 0 amide bonds. The third kappa shape index (κ3) is 5.74. The summed E-state index contributed by atoms with van der Waals surface area (Å²) in [6.07, 6.45) is -5.81. The van der Waals surface area contributed by atoms with E-state index >= 15 is 0 Å². The van der Waals surface area contributed by atoms with Crippen molar-refractivity contribution in [1.82, 2.24) is 0 Å². The first-order valence-electron chi connectivity index (χ1n) is 7.90. The summed E-state index contributed by atoms with van der Waals surface area (Å²) in [5, 5.41) is 9.95. The Balaban J connectivity index is 3.25. The lowest BCUT2D eigenvalue weighted by Crippen LogP contribution is -2.34. The Kier molecular flexibility index (Phi) is 8.44. The summed E-state index contributed by atoms with van der Waals surface area (Å²) in [7, 11) is 1.69. The molecule has 1 N–H and O–H groups in total. The minimum Gasteiger partial charge on any atom is -0.488 e. The number of nitrogens with zero attached hydrogens (tertiary/aromatic N) is 2. The van der Waals surface area contributed by atoms with Crippen molar-refractivity contribution in [2.24, 2.45) is 9.98 Å². The summed E-state index contributed by atoms with van der Waals surface area (Å²) >= 11 is 1.57. The number of benzene rings is 1. The van der Waals surface area contributed by atoms with Crippen LogP contribution in [0.15, 0.2) is 22.1 Å². The van der Waals surface area contributed by atoms with E-state index in [9.17, 15) is 13.2 Å². The molecule has 0 aromatic heterocycles. The van der Waals surface area contributed by atoms with Crippen molar-refractivity contribution >= 4 is 29.2 Å². The summed E-state index contributed by atoms with van der Waals surface area (Å²) in [5.41, 5.74) is 2.10. The summed E-state index contributed by atoms with van der Waals surface area (Å²) in [6.45, 7) is 6.63. The van der Waals surface area contributed by atoms with Crippen LogP contribution in [-0.4, -0.2) is 48.6 Å². The molecule has 1 rings (SSSR count). The van der Waals surface area contributed by atoms with E-state index in [4.69, 9.17) is 9.84 Å². The van der Waals surface area contributed by atoms with Crippen LogP contribution in [0.5, 0.6) is 5.75 Å². The monoisotopic (exact) mass is 376 g/mol. The SMILES string of the molecule is C=Nc1c(OCC(O)C(F)(F)F)ccc(C(=NC)SCC)c1CCC. The van der Waals surface area contributed by atoms with Gasteiger partial charge in [0.25, 0.3) is 0 Å². The van der Waals surface area contributed by atoms with E-state index in [-0.39, 0.29) is 5.75 Å². The molecule has 0 saturated heterocycles. The van der Waals surface area contributed by atoms with Gasteiger partial charge in [0.05, 0.1) is 5.04 Å². The van der Waals surface area contributed by atoms with E-state index in [1.54, 1.807) is 30.9 Å². The van der Waals surface area contributed by atoms with Crippen LogP contribution in [0, 0.1) is 0 Å². The fourth-order valence-electron chi connectivity index (χ4n) is 2.27. The van der Waals surface area contributed by atoms with Gasteiger partial charge in [-0.2, -0.15) is 13.2 Å². The Labute approximate surface area is 150 Å². The first-order valence-corrected chi connectivity index (χ1v) is 8.88. The van der Waals surface area contributed by atoms with Crippen molar-refractivity contribution < 1.29 is 23.0 Å². The number of thioether (sulfide) groups is 1. The quantitative estimate of drug-likeness (QED) is 0.540. The lowest BCUT2D eigenvalue weighted by Gasteiger charge is -2.19. The van der Waals surface area contributed by atoms with Crippen LogP contribution >= 0.6 is 11.8 Å². The van der Waals surface area contributed by atoms with Gasteiger partial charge in [-0.1, -0.05) is 20.3 Å². The number of hydrogen-bond donors (Lipinski definition) is 1. The molecule has 0 radical (unpaired) electrons.